The van der Waals surface area contributed by atoms with E-state index in [0.717, 1.165) is 20.1 Å². The number of fused-ring (bicyclic) bond motifs is 1. The first kappa shape index (κ1) is 26.0. The Bertz CT molecular complexity index is 926. The van der Waals surface area contributed by atoms with Crippen LogP contribution in [0.25, 0.3) is 0 Å². The first-order chi connectivity index (χ1) is 15.5. The van der Waals surface area contributed by atoms with Crippen LogP contribution in [0.15, 0.2) is 47.1 Å². The molecule has 2 rings (SSSR count). The van der Waals surface area contributed by atoms with Gasteiger partial charge in [0, 0.05) is 24.5 Å². The average Bonchev–Trinajstić information content (AvgIpc) is 3.04. The lowest BCUT2D eigenvalue weighted by Crippen LogP contribution is -2.46. The molecule has 0 bridgehead atoms. The molecule has 10 heteroatoms. The molecular weight excluding hydrogens is 436 g/mol. The van der Waals surface area contributed by atoms with Crippen LogP contribution in [-0.4, -0.2) is 72.2 Å². The van der Waals surface area contributed by atoms with Crippen molar-refractivity contribution in [2.45, 2.75) is 51.6 Å². The first-order valence-electron chi connectivity index (χ1n) is 10.2. The highest BCUT2D eigenvalue weighted by Crippen LogP contribution is 2.38. The van der Waals surface area contributed by atoms with Gasteiger partial charge < -0.3 is 29.2 Å². The predicted octanol–water partition coefficient (Wildman–Crippen LogP) is 0.677. The van der Waals surface area contributed by atoms with Gasteiger partial charge in [-0.15, -0.1) is 0 Å². The summed E-state index contributed by atoms with van der Waals surface area (Å²) in [7, 11) is 1.09. The van der Waals surface area contributed by atoms with Crippen molar-refractivity contribution >= 4 is 23.9 Å². The van der Waals surface area contributed by atoms with Crippen molar-refractivity contribution in [1.82, 2.24) is 0 Å². The number of rotatable bonds is 5. The topological polar surface area (TPSA) is 146 Å². The quantitative estimate of drug-likeness (QED) is 0.258. The summed E-state index contributed by atoms with van der Waals surface area (Å²) in [4.78, 5) is 49.7. The van der Waals surface area contributed by atoms with E-state index in [1.165, 1.54) is 19.1 Å². The Kier molecular flexibility index (Phi) is 8.72. The van der Waals surface area contributed by atoms with Crippen molar-refractivity contribution in [3.8, 4) is 0 Å². The van der Waals surface area contributed by atoms with Gasteiger partial charge >= 0.3 is 23.9 Å². The molecule has 0 amide bonds. The Morgan fingerprint density at radius 1 is 1.24 bits per heavy atom. The molecule has 0 aromatic heterocycles. The molecular formula is C23H28O10. The molecule has 0 spiro atoms. The minimum atomic E-state index is -1.55. The molecule has 10 nitrogen and oxygen atoms in total. The van der Waals surface area contributed by atoms with Gasteiger partial charge in [0.1, 0.15) is 6.10 Å². The minimum Gasteiger partial charge on any atom is -0.466 e. The van der Waals surface area contributed by atoms with Crippen LogP contribution in [-0.2, 0) is 38.1 Å². The third-order valence-electron chi connectivity index (χ3n) is 5.38. The molecule has 2 aliphatic rings. The van der Waals surface area contributed by atoms with Gasteiger partial charge in [0.2, 0.25) is 0 Å². The summed E-state index contributed by atoms with van der Waals surface area (Å²) in [6, 6.07) is 0. The zero-order chi connectivity index (χ0) is 24.9. The van der Waals surface area contributed by atoms with Gasteiger partial charge in [0.05, 0.1) is 31.3 Å². The van der Waals surface area contributed by atoms with Crippen molar-refractivity contribution < 1.29 is 48.3 Å². The van der Waals surface area contributed by atoms with Crippen molar-refractivity contribution in [2.24, 2.45) is 5.92 Å². The van der Waals surface area contributed by atoms with Crippen LogP contribution in [0.1, 0.15) is 27.2 Å². The third kappa shape index (κ3) is 5.96. The van der Waals surface area contributed by atoms with E-state index in [0.29, 0.717) is 5.57 Å². The summed E-state index contributed by atoms with van der Waals surface area (Å²) in [5, 5.41) is 20.3. The Morgan fingerprint density at radius 2 is 1.91 bits per heavy atom. The van der Waals surface area contributed by atoms with Crippen LogP contribution < -0.4 is 0 Å². The van der Waals surface area contributed by atoms with E-state index in [4.69, 9.17) is 18.9 Å². The lowest BCUT2D eigenvalue weighted by atomic mass is 9.83. The highest BCUT2D eigenvalue weighted by atomic mass is 16.6. The molecule has 0 aromatic rings. The van der Waals surface area contributed by atoms with Crippen LogP contribution >= 0.6 is 0 Å². The van der Waals surface area contributed by atoms with Crippen molar-refractivity contribution in [2.75, 3.05) is 13.7 Å². The maximum Gasteiger partial charge on any atom is 0.337 e. The van der Waals surface area contributed by atoms with E-state index in [9.17, 15) is 29.4 Å². The fourth-order valence-corrected chi connectivity index (χ4v) is 3.62. The molecule has 1 heterocycles. The summed E-state index contributed by atoms with van der Waals surface area (Å²) >= 11 is 0. The highest BCUT2D eigenvalue weighted by Gasteiger charge is 2.50. The standard InChI is InChI=1S/C23H28O10/c1-6-11(2)21(27)33-20-18-12(3)22(28)32-17(18)8-14(10-24)7-15(26)9-16(23(29)30-5)19(20)31-13(4)25/h6,8-9,15,17-20,24,26H,3,7,10H2,1-2,4-5H3/b11-6+,14-8+,16-9+/t15-,17+,18-,19+,20-/m1/s1. The molecule has 0 radical (unpaired) electrons. The molecule has 1 fully saturated rings. The summed E-state index contributed by atoms with van der Waals surface area (Å²) in [5.74, 6) is -4.41. The Labute approximate surface area is 191 Å². The van der Waals surface area contributed by atoms with Gasteiger partial charge in [-0.3, -0.25) is 4.79 Å². The maximum atomic E-state index is 12.7. The van der Waals surface area contributed by atoms with Crippen LogP contribution in [0, 0.1) is 5.92 Å². The molecule has 0 saturated carbocycles. The zero-order valence-corrected chi connectivity index (χ0v) is 18.9. The second-order valence-corrected chi connectivity index (χ2v) is 7.66. The molecule has 1 aliphatic carbocycles. The number of methoxy groups -OCH3 is 1. The first-order valence-corrected chi connectivity index (χ1v) is 10.2. The molecule has 1 aliphatic heterocycles. The summed E-state index contributed by atoms with van der Waals surface area (Å²) < 4.78 is 21.2. The monoisotopic (exact) mass is 464 g/mol. The second kappa shape index (κ2) is 11.1. The largest absolute Gasteiger partial charge is 0.466 e. The number of ether oxygens (including phenoxy) is 4. The Morgan fingerprint density at radius 3 is 2.45 bits per heavy atom. The van der Waals surface area contributed by atoms with E-state index in [1.54, 1.807) is 6.92 Å². The van der Waals surface area contributed by atoms with Gasteiger partial charge in [-0.25, -0.2) is 14.4 Å². The summed E-state index contributed by atoms with van der Waals surface area (Å²) in [5.41, 5.74) is 0.144. The summed E-state index contributed by atoms with van der Waals surface area (Å²) in [6.07, 6.45) is -1.47. The van der Waals surface area contributed by atoms with Gasteiger partial charge in [-0.05, 0) is 31.6 Å². The number of aliphatic hydroxyl groups excluding tert-OH is 2. The van der Waals surface area contributed by atoms with Crippen molar-refractivity contribution in [3.05, 3.63) is 47.1 Å². The number of aliphatic hydroxyl groups is 2. The van der Waals surface area contributed by atoms with E-state index in [-0.39, 0.29) is 23.1 Å². The fourth-order valence-electron chi connectivity index (χ4n) is 3.62. The van der Waals surface area contributed by atoms with Crippen molar-refractivity contribution in [1.29, 1.82) is 0 Å². The zero-order valence-electron chi connectivity index (χ0n) is 18.9. The van der Waals surface area contributed by atoms with E-state index in [2.05, 4.69) is 6.58 Å². The van der Waals surface area contributed by atoms with Gasteiger partial charge in [-0.2, -0.15) is 0 Å². The molecule has 5 atom stereocenters. The van der Waals surface area contributed by atoms with E-state index >= 15 is 0 Å². The van der Waals surface area contributed by atoms with Crippen LogP contribution in [0.5, 0.6) is 0 Å². The van der Waals surface area contributed by atoms with Gasteiger partial charge in [0.15, 0.2) is 12.2 Å². The third-order valence-corrected chi connectivity index (χ3v) is 5.38. The smallest absolute Gasteiger partial charge is 0.337 e. The van der Waals surface area contributed by atoms with Gasteiger partial charge in [-0.1, -0.05) is 12.7 Å². The maximum absolute atomic E-state index is 12.7. The van der Waals surface area contributed by atoms with Crippen molar-refractivity contribution in [3.63, 3.8) is 0 Å². The normalized spacial score (nSPS) is 31.2. The predicted molar refractivity (Wildman–Crippen MR) is 113 cm³/mol. The Hall–Kier alpha value is -3.24. The minimum absolute atomic E-state index is 0.0769. The SMILES string of the molecule is C=C1C(=O)O[C@H]2/C=C(/CO)C[C@@H](O)/C=C(/C(=O)OC)[C@H](OC(C)=O)[C@H](OC(=O)/C(C)=C/C)[C@H]12. The molecule has 0 aromatic carbocycles. The Balaban J connectivity index is 2.79. The average molecular weight is 464 g/mol. The van der Waals surface area contributed by atoms with E-state index < -0.39 is 60.8 Å². The fraction of sp³-hybridized carbons (Fsp3) is 0.478. The number of esters is 4. The van der Waals surface area contributed by atoms with Crippen LogP contribution in [0.4, 0.5) is 0 Å². The number of allylic oxidation sites excluding steroid dienone is 1. The lowest BCUT2D eigenvalue weighted by Gasteiger charge is -2.33. The molecule has 1 saturated heterocycles. The number of hydrogen-bond acceptors (Lipinski definition) is 10. The molecule has 2 N–H and O–H groups in total. The van der Waals surface area contributed by atoms with Crippen LogP contribution in [0.3, 0.4) is 0 Å². The van der Waals surface area contributed by atoms with Gasteiger partial charge in [0.25, 0.3) is 0 Å². The lowest BCUT2D eigenvalue weighted by molar-refractivity contribution is -0.167. The number of carbonyl (C=O) groups excluding carboxylic acids is 4. The summed E-state index contributed by atoms with van der Waals surface area (Å²) in [6.45, 7) is 7.47. The molecule has 0 unspecified atom stereocenters. The number of carbonyl (C=O) groups is 4. The van der Waals surface area contributed by atoms with Crippen LogP contribution in [0.2, 0.25) is 0 Å². The number of hydrogen-bond donors (Lipinski definition) is 2. The molecule has 33 heavy (non-hydrogen) atoms. The van der Waals surface area contributed by atoms with E-state index in [1.807, 2.05) is 0 Å². The molecule has 180 valence electrons. The second-order valence-electron chi connectivity index (χ2n) is 7.66. The highest BCUT2D eigenvalue weighted by molar-refractivity contribution is 5.93.